The molecule has 0 spiro atoms. The summed E-state index contributed by atoms with van der Waals surface area (Å²) in [5.41, 5.74) is -1.42. The first-order valence-corrected chi connectivity index (χ1v) is 12.8. The average Bonchev–Trinajstić information content (AvgIpc) is 3.50. The summed E-state index contributed by atoms with van der Waals surface area (Å²) >= 11 is 0. The zero-order chi connectivity index (χ0) is 28.3. The Morgan fingerprint density at radius 1 is 1.02 bits per heavy atom. The third kappa shape index (κ3) is 4.22. The van der Waals surface area contributed by atoms with Crippen LogP contribution in [0.25, 0.3) is 10.9 Å². The van der Waals surface area contributed by atoms with Crippen LogP contribution in [-0.4, -0.2) is 59.3 Å². The number of aryl methyl sites for hydroxylation is 1. The number of hydrogen-bond donors (Lipinski definition) is 1. The van der Waals surface area contributed by atoms with Crippen LogP contribution < -0.4 is 20.9 Å². The van der Waals surface area contributed by atoms with Gasteiger partial charge in [-0.05, 0) is 43.4 Å². The second kappa shape index (κ2) is 9.77. The summed E-state index contributed by atoms with van der Waals surface area (Å²) in [5, 5.41) is 14.7. The Kier molecular flexibility index (Phi) is 6.36. The van der Waals surface area contributed by atoms with Crippen molar-refractivity contribution in [1.82, 2.24) is 28.9 Å². The zero-order valence-electron chi connectivity index (χ0n) is 21.7. The topological polar surface area (TPSA) is 120 Å². The normalized spacial score (nSPS) is 20.4. The number of fused-ring (bicyclic) bond motifs is 3. The van der Waals surface area contributed by atoms with E-state index in [1.807, 2.05) is 4.90 Å². The molecule has 1 aromatic carbocycles. The van der Waals surface area contributed by atoms with Gasteiger partial charge in [0.15, 0.2) is 23.3 Å². The third-order valence-corrected chi connectivity index (χ3v) is 7.74. The molecule has 1 N–H and O–H groups in total. The fourth-order valence-corrected chi connectivity index (χ4v) is 5.92. The molecular formula is C26H26F3N7O4. The van der Waals surface area contributed by atoms with Gasteiger partial charge in [0.05, 0.1) is 37.9 Å². The second-order valence-electron chi connectivity index (χ2n) is 10.2. The number of methoxy groups -OCH3 is 1. The number of aromatic nitrogens is 6. The van der Waals surface area contributed by atoms with E-state index in [1.54, 1.807) is 13.1 Å². The molecule has 2 aliphatic rings. The minimum atomic E-state index is -1.63. The van der Waals surface area contributed by atoms with Crippen molar-refractivity contribution in [2.75, 3.05) is 12.0 Å². The molecule has 4 aromatic rings. The predicted molar refractivity (Wildman–Crippen MR) is 137 cm³/mol. The lowest BCUT2D eigenvalue weighted by Crippen LogP contribution is -2.48. The molecule has 3 aromatic heterocycles. The lowest BCUT2D eigenvalue weighted by molar-refractivity contribution is 0.119. The number of nitrogens with zero attached hydrogens (tertiary/aromatic N) is 7. The summed E-state index contributed by atoms with van der Waals surface area (Å²) in [4.78, 5) is 38.2. The van der Waals surface area contributed by atoms with Gasteiger partial charge in [-0.2, -0.15) is 10.1 Å². The van der Waals surface area contributed by atoms with Crippen molar-refractivity contribution >= 4 is 16.7 Å². The molecule has 210 valence electrons. The van der Waals surface area contributed by atoms with Crippen molar-refractivity contribution in [2.45, 2.75) is 57.0 Å². The van der Waals surface area contributed by atoms with Gasteiger partial charge in [0.25, 0.3) is 5.56 Å². The van der Waals surface area contributed by atoms with Gasteiger partial charge < -0.3 is 14.7 Å². The summed E-state index contributed by atoms with van der Waals surface area (Å²) in [6.07, 6.45) is 3.87. The predicted octanol–water partition coefficient (Wildman–Crippen LogP) is 1.70. The smallest absolute Gasteiger partial charge is 0.332 e. The Balaban J connectivity index is 1.60. The van der Waals surface area contributed by atoms with E-state index in [2.05, 4.69) is 15.1 Å². The highest BCUT2D eigenvalue weighted by Gasteiger charge is 2.42. The molecule has 40 heavy (non-hydrogen) atoms. The van der Waals surface area contributed by atoms with Crippen LogP contribution in [0.4, 0.5) is 19.0 Å². The van der Waals surface area contributed by atoms with Crippen molar-refractivity contribution in [1.29, 1.82) is 0 Å². The third-order valence-electron chi connectivity index (χ3n) is 7.74. The van der Waals surface area contributed by atoms with Crippen LogP contribution in [0, 0.1) is 17.5 Å². The molecule has 6 rings (SSSR count). The monoisotopic (exact) mass is 557 g/mol. The van der Waals surface area contributed by atoms with Gasteiger partial charge in [-0.15, -0.1) is 0 Å². The fourth-order valence-electron chi connectivity index (χ4n) is 5.92. The molecule has 2 fully saturated rings. The van der Waals surface area contributed by atoms with Gasteiger partial charge in [0, 0.05) is 19.2 Å². The lowest BCUT2D eigenvalue weighted by atomic mass is 10.00. The Morgan fingerprint density at radius 3 is 2.42 bits per heavy atom. The van der Waals surface area contributed by atoms with Crippen molar-refractivity contribution < 1.29 is 23.0 Å². The molecule has 0 amide bonds. The van der Waals surface area contributed by atoms with E-state index in [-0.39, 0.29) is 53.3 Å². The van der Waals surface area contributed by atoms with Gasteiger partial charge in [0.2, 0.25) is 5.88 Å². The van der Waals surface area contributed by atoms with E-state index in [0.29, 0.717) is 12.2 Å². The molecule has 11 nitrogen and oxygen atoms in total. The summed E-state index contributed by atoms with van der Waals surface area (Å²) < 4.78 is 50.9. The first kappa shape index (κ1) is 26.0. The average molecular weight is 558 g/mol. The standard InChI is InChI=1S/C26H26F3N7O4/c1-33-12-30-20(32-33)11-35-25(38)22-18(34(26(35)39)10-13-7-15(27)23(29)16(28)8-13)9-21(31-24(22)40-2)36-14-3-5-17(36)19(37)6-4-14/h7-9,12,14,17,19,37H,3-6,10-11H2,1-2H3. The quantitative estimate of drug-likeness (QED) is 0.356. The molecule has 3 atom stereocenters. The molecular weight excluding hydrogens is 531 g/mol. The van der Waals surface area contributed by atoms with Crippen LogP contribution in [0.5, 0.6) is 5.88 Å². The molecule has 2 aliphatic heterocycles. The lowest BCUT2D eigenvalue weighted by Gasteiger charge is -2.39. The van der Waals surface area contributed by atoms with Crippen LogP contribution in [0.1, 0.15) is 37.1 Å². The van der Waals surface area contributed by atoms with Gasteiger partial charge >= 0.3 is 5.69 Å². The molecule has 0 radical (unpaired) electrons. The number of piperidine rings is 1. The first-order chi connectivity index (χ1) is 19.2. The van der Waals surface area contributed by atoms with Crippen molar-refractivity contribution in [3.8, 4) is 5.88 Å². The molecule has 5 heterocycles. The van der Waals surface area contributed by atoms with E-state index in [1.165, 1.54) is 22.7 Å². The summed E-state index contributed by atoms with van der Waals surface area (Å²) in [6, 6.07) is 3.08. The maximum atomic E-state index is 14.1. The maximum absolute atomic E-state index is 14.1. The Labute approximate surface area is 225 Å². The second-order valence-corrected chi connectivity index (χ2v) is 10.2. The Hall–Kier alpha value is -4.20. The zero-order valence-corrected chi connectivity index (χ0v) is 21.7. The number of anilines is 1. The van der Waals surface area contributed by atoms with Gasteiger partial charge in [-0.3, -0.25) is 18.6 Å². The molecule has 2 bridgehead atoms. The number of ether oxygens (including phenoxy) is 1. The van der Waals surface area contributed by atoms with E-state index >= 15 is 0 Å². The number of aliphatic hydroxyl groups excluding tert-OH is 1. The Morgan fingerprint density at radius 2 is 1.75 bits per heavy atom. The minimum Gasteiger partial charge on any atom is -0.480 e. The van der Waals surface area contributed by atoms with Crippen molar-refractivity contribution in [2.24, 2.45) is 7.05 Å². The highest BCUT2D eigenvalue weighted by Crippen LogP contribution is 2.40. The van der Waals surface area contributed by atoms with Crippen molar-refractivity contribution in [3.05, 3.63) is 74.2 Å². The fraction of sp³-hybridized carbons (Fsp3) is 0.423. The number of benzene rings is 1. The van der Waals surface area contributed by atoms with Gasteiger partial charge in [0.1, 0.15) is 17.5 Å². The van der Waals surface area contributed by atoms with E-state index in [0.717, 1.165) is 36.0 Å². The highest BCUT2D eigenvalue weighted by molar-refractivity contribution is 5.86. The molecule has 3 unspecified atom stereocenters. The van der Waals surface area contributed by atoms with E-state index < -0.39 is 34.8 Å². The summed E-state index contributed by atoms with van der Waals surface area (Å²) in [6.45, 7) is -0.671. The maximum Gasteiger partial charge on any atom is 0.332 e. The summed E-state index contributed by atoms with van der Waals surface area (Å²) in [5.74, 6) is -3.89. The number of hydrogen-bond acceptors (Lipinski definition) is 8. The SMILES string of the molecule is COc1nc(N2C3CCC(O)C2CC3)cc2c1c(=O)n(Cc1ncn(C)n1)c(=O)n2Cc1cc(F)c(F)c(F)c1. The summed E-state index contributed by atoms with van der Waals surface area (Å²) in [7, 11) is 2.98. The van der Waals surface area contributed by atoms with E-state index in [4.69, 9.17) is 4.74 Å². The minimum absolute atomic E-state index is 0.0326. The van der Waals surface area contributed by atoms with Crippen LogP contribution in [-0.2, 0) is 20.1 Å². The largest absolute Gasteiger partial charge is 0.480 e. The molecule has 14 heteroatoms. The number of pyridine rings is 1. The number of halogens is 3. The molecule has 2 saturated heterocycles. The van der Waals surface area contributed by atoms with Crippen LogP contribution >= 0.6 is 0 Å². The van der Waals surface area contributed by atoms with Gasteiger partial charge in [-0.1, -0.05) is 0 Å². The first-order valence-electron chi connectivity index (χ1n) is 12.8. The van der Waals surface area contributed by atoms with Gasteiger partial charge in [-0.25, -0.2) is 22.9 Å². The van der Waals surface area contributed by atoms with Crippen molar-refractivity contribution in [3.63, 3.8) is 0 Å². The molecule has 0 saturated carbocycles. The van der Waals surface area contributed by atoms with Crippen LogP contribution in [0.3, 0.4) is 0 Å². The molecule has 0 aliphatic carbocycles. The number of rotatable bonds is 6. The van der Waals surface area contributed by atoms with Crippen LogP contribution in [0.15, 0.2) is 34.1 Å². The number of aliphatic hydroxyl groups is 1. The Bertz CT molecular complexity index is 1730. The highest BCUT2D eigenvalue weighted by atomic mass is 19.2. The van der Waals surface area contributed by atoms with E-state index in [9.17, 15) is 27.9 Å². The van der Waals surface area contributed by atoms with Crippen LogP contribution in [0.2, 0.25) is 0 Å².